The summed E-state index contributed by atoms with van der Waals surface area (Å²) in [6.07, 6.45) is 11.5. The number of nitrogens with zero attached hydrogens (tertiary/aromatic N) is 6. The minimum atomic E-state index is -0.522. The summed E-state index contributed by atoms with van der Waals surface area (Å²) in [5.74, 6) is 0.230. The van der Waals surface area contributed by atoms with Crippen LogP contribution in [0.15, 0.2) is 36.5 Å². The Hall–Kier alpha value is -3.60. The van der Waals surface area contributed by atoms with Crippen LogP contribution in [0.4, 0.5) is 10.2 Å². The van der Waals surface area contributed by atoms with E-state index in [1.807, 2.05) is 18.2 Å². The van der Waals surface area contributed by atoms with Crippen LogP contribution in [0.5, 0.6) is 11.8 Å². The number of benzene rings is 2. The largest absolute Gasteiger partial charge is 0.508 e. The minimum Gasteiger partial charge on any atom is -0.508 e. The van der Waals surface area contributed by atoms with E-state index in [2.05, 4.69) is 31.9 Å². The van der Waals surface area contributed by atoms with Crippen LogP contribution in [0.2, 0.25) is 0 Å². The van der Waals surface area contributed by atoms with Crippen molar-refractivity contribution in [2.24, 2.45) is 0 Å². The Morgan fingerprint density at radius 2 is 1.77 bits per heavy atom. The zero-order chi connectivity index (χ0) is 31.9. The number of hydrogen-bond donors (Lipinski definition) is 2. The lowest BCUT2D eigenvalue weighted by atomic mass is 9.94. The zero-order valence-electron chi connectivity index (χ0n) is 27.4. The molecule has 4 aliphatic rings. The molecule has 4 aromatic rings. The summed E-state index contributed by atoms with van der Waals surface area (Å²) in [4.78, 5) is 21.7. The summed E-state index contributed by atoms with van der Waals surface area (Å²) in [6, 6.07) is 11.0. The van der Waals surface area contributed by atoms with Crippen molar-refractivity contribution < 1.29 is 14.2 Å². The van der Waals surface area contributed by atoms with Crippen molar-refractivity contribution in [1.29, 1.82) is 0 Å². The molecule has 2 aromatic carbocycles. The molecule has 0 radical (unpaired) electrons. The van der Waals surface area contributed by atoms with Crippen molar-refractivity contribution in [2.75, 3.05) is 57.3 Å². The number of aromatic hydroxyl groups is 1. The van der Waals surface area contributed by atoms with E-state index in [0.29, 0.717) is 35.5 Å². The van der Waals surface area contributed by atoms with E-state index < -0.39 is 5.82 Å². The maximum atomic E-state index is 16.8. The van der Waals surface area contributed by atoms with Crippen LogP contribution in [0.3, 0.4) is 0 Å². The summed E-state index contributed by atoms with van der Waals surface area (Å²) < 4.78 is 23.1. The molecule has 2 bridgehead atoms. The zero-order valence-corrected chi connectivity index (χ0v) is 27.4. The van der Waals surface area contributed by atoms with Crippen LogP contribution in [0.1, 0.15) is 57.4 Å². The first-order chi connectivity index (χ1) is 23.0. The van der Waals surface area contributed by atoms with Crippen LogP contribution < -0.4 is 15.0 Å². The van der Waals surface area contributed by atoms with Crippen molar-refractivity contribution in [2.45, 2.75) is 76.4 Å². The molecular formula is C37H46FN7O2. The summed E-state index contributed by atoms with van der Waals surface area (Å²) in [5, 5.41) is 16.6. The summed E-state index contributed by atoms with van der Waals surface area (Å²) in [6.45, 7) is 9.19. The van der Waals surface area contributed by atoms with Gasteiger partial charge in [-0.25, -0.2) is 4.39 Å². The van der Waals surface area contributed by atoms with Gasteiger partial charge in [0, 0.05) is 75.7 Å². The maximum absolute atomic E-state index is 16.8. The summed E-state index contributed by atoms with van der Waals surface area (Å²) in [7, 11) is 0. The Balaban J connectivity index is 1.09. The van der Waals surface area contributed by atoms with Crippen LogP contribution in [0.25, 0.3) is 32.9 Å². The third kappa shape index (κ3) is 6.11. The molecule has 4 fully saturated rings. The number of pyridine rings is 1. The molecule has 8 rings (SSSR count). The molecule has 1 saturated carbocycles. The van der Waals surface area contributed by atoms with Gasteiger partial charge in [0.15, 0.2) is 5.82 Å². The first-order valence-corrected chi connectivity index (χ1v) is 17.8. The average Bonchev–Trinajstić information content (AvgIpc) is 3.45. The molecule has 10 heteroatoms. The van der Waals surface area contributed by atoms with E-state index in [-0.39, 0.29) is 23.0 Å². The minimum absolute atomic E-state index is 0.0744. The Bertz CT molecular complexity index is 1740. The second-order valence-corrected chi connectivity index (χ2v) is 13.9. The predicted octanol–water partition coefficient (Wildman–Crippen LogP) is 5.52. The quantitative estimate of drug-likeness (QED) is 0.259. The van der Waals surface area contributed by atoms with Gasteiger partial charge in [0.25, 0.3) is 0 Å². The fourth-order valence-corrected chi connectivity index (χ4v) is 8.52. The number of aryl methyl sites for hydroxylation is 1. The number of phenols is 1. The highest BCUT2D eigenvalue weighted by Crippen LogP contribution is 2.39. The molecule has 0 amide bonds. The Morgan fingerprint density at radius 3 is 2.53 bits per heavy atom. The number of phenolic OH excluding ortho intramolecular Hbond substituents is 1. The number of aromatic nitrogens is 3. The molecule has 3 aliphatic heterocycles. The highest BCUT2D eigenvalue weighted by molar-refractivity contribution is 6.01. The number of halogens is 1. The molecule has 2 unspecified atom stereocenters. The second-order valence-electron chi connectivity index (χ2n) is 13.9. The fraction of sp³-hybridized carbons (Fsp3) is 0.541. The predicted molar refractivity (Wildman–Crippen MR) is 184 cm³/mol. The number of nitrogens with one attached hydrogen (secondary N) is 1. The van der Waals surface area contributed by atoms with E-state index in [9.17, 15) is 5.11 Å². The maximum Gasteiger partial charge on any atom is 0.319 e. The Morgan fingerprint density at radius 1 is 0.979 bits per heavy atom. The molecule has 47 heavy (non-hydrogen) atoms. The number of rotatable bonds is 8. The first kappa shape index (κ1) is 30.7. The number of hydrogen-bond acceptors (Lipinski definition) is 9. The van der Waals surface area contributed by atoms with E-state index >= 15 is 4.39 Å². The van der Waals surface area contributed by atoms with Gasteiger partial charge in [0.2, 0.25) is 0 Å². The van der Waals surface area contributed by atoms with Crippen molar-refractivity contribution in [3.63, 3.8) is 0 Å². The van der Waals surface area contributed by atoms with Crippen LogP contribution >= 0.6 is 0 Å². The molecule has 0 spiro atoms. The molecule has 3 saturated heterocycles. The van der Waals surface area contributed by atoms with Gasteiger partial charge in [-0.3, -0.25) is 14.8 Å². The number of piperazine rings is 2. The highest BCUT2D eigenvalue weighted by Gasteiger charge is 2.34. The van der Waals surface area contributed by atoms with Crippen molar-refractivity contribution >= 4 is 27.5 Å². The topological polar surface area (TPSA) is 89.9 Å². The van der Waals surface area contributed by atoms with E-state index in [4.69, 9.17) is 14.7 Å². The Kier molecular flexibility index (Phi) is 8.58. The molecule has 9 nitrogen and oxygen atoms in total. The molecular weight excluding hydrogens is 593 g/mol. The van der Waals surface area contributed by atoms with Crippen LogP contribution in [-0.2, 0) is 6.42 Å². The molecule has 2 N–H and O–H groups in total. The summed E-state index contributed by atoms with van der Waals surface area (Å²) in [5.41, 5.74) is 2.01. The van der Waals surface area contributed by atoms with Crippen LogP contribution in [0, 0.1) is 5.82 Å². The lowest BCUT2D eigenvalue weighted by Gasteiger charge is -2.40. The monoisotopic (exact) mass is 639 g/mol. The number of fused-ring (bicyclic) bond motifs is 4. The normalized spacial score (nSPS) is 22.8. The Labute approximate surface area is 276 Å². The smallest absolute Gasteiger partial charge is 0.319 e. The fourth-order valence-electron chi connectivity index (χ4n) is 8.52. The van der Waals surface area contributed by atoms with Crippen LogP contribution in [-0.4, -0.2) is 100 Å². The number of anilines is 1. The van der Waals surface area contributed by atoms with Crippen molar-refractivity contribution in [3.05, 3.63) is 47.9 Å². The average molecular weight is 640 g/mol. The van der Waals surface area contributed by atoms with Crippen molar-refractivity contribution in [1.82, 2.24) is 30.1 Å². The van der Waals surface area contributed by atoms with E-state index in [1.54, 1.807) is 18.3 Å². The first-order valence-electron chi connectivity index (χ1n) is 17.8. The van der Waals surface area contributed by atoms with Gasteiger partial charge in [-0.15, -0.1) is 0 Å². The van der Waals surface area contributed by atoms with Gasteiger partial charge in [0.1, 0.15) is 29.4 Å². The van der Waals surface area contributed by atoms with Gasteiger partial charge in [-0.2, -0.15) is 9.97 Å². The third-order valence-corrected chi connectivity index (χ3v) is 11.0. The van der Waals surface area contributed by atoms with Gasteiger partial charge in [-0.05, 0) is 60.6 Å². The lowest BCUT2D eigenvalue weighted by Crippen LogP contribution is -2.51. The third-order valence-electron chi connectivity index (χ3n) is 11.0. The van der Waals surface area contributed by atoms with Gasteiger partial charge in [0.05, 0.1) is 5.39 Å². The lowest BCUT2D eigenvalue weighted by molar-refractivity contribution is 0.0711. The second kappa shape index (κ2) is 13.1. The highest BCUT2D eigenvalue weighted by atomic mass is 19.1. The standard InChI is InChI=1S/C37H46FN7O2/c1-2-24-7-6-8-25-19-29(46)20-30(32(24)25)34-33(38)35-31(21-39-34)36(45-22-26-11-12-27(23-45)40-26)42-37(41-35)47-18-17-43-13-15-44(16-14-43)28-9-4-3-5-10-28/h6-8,19-21,26-28,40,46H,2-5,9-18,22-23H2,1H3. The SMILES string of the molecule is CCc1cccc2cc(O)cc(-c3ncc4c(N5CC6CCC(C5)N6)nc(OCCN5CCN(C6CCCCC6)CC5)nc4c3F)c12. The van der Waals surface area contributed by atoms with Crippen molar-refractivity contribution in [3.8, 4) is 23.0 Å². The molecule has 248 valence electrons. The van der Waals surface area contributed by atoms with Gasteiger partial charge < -0.3 is 20.1 Å². The molecule has 2 atom stereocenters. The molecule has 1 aliphatic carbocycles. The van der Waals surface area contributed by atoms with E-state index in [1.165, 1.54) is 32.1 Å². The number of ether oxygens (including phenoxy) is 1. The van der Waals surface area contributed by atoms with Gasteiger partial charge >= 0.3 is 6.01 Å². The summed E-state index contributed by atoms with van der Waals surface area (Å²) >= 11 is 0. The van der Waals surface area contributed by atoms with Gasteiger partial charge in [-0.1, -0.05) is 44.4 Å². The van der Waals surface area contributed by atoms with E-state index in [0.717, 1.165) is 87.5 Å². The molecule has 2 aromatic heterocycles. The molecule has 5 heterocycles.